The van der Waals surface area contributed by atoms with Crippen molar-refractivity contribution >= 4 is 40.7 Å². The normalized spacial score (nSPS) is 18.5. The Balaban J connectivity index is 1.50. The number of fused-ring (bicyclic) bond motifs is 1. The fourth-order valence-corrected chi connectivity index (χ4v) is 5.45. The number of halogens is 2. The van der Waals surface area contributed by atoms with E-state index in [-0.39, 0.29) is 28.1 Å². The van der Waals surface area contributed by atoms with E-state index >= 15 is 0 Å². The number of amides is 1. The van der Waals surface area contributed by atoms with E-state index in [2.05, 4.69) is 0 Å². The van der Waals surface area contributed by atoms with E-state index in [1.807, 2.05) is 25.1 Å². The highest BCUT2D eigenvalue weighted by molar-refractivity contribution is 7.89. The molecule has 1 fully saturated rings. The van der Waals surface area contributed by atoms with Gasteiger partial charge in [0.15, 0.2) is 5.82 Å². The molecule has 0 aromatic heterocycles. The van der Waals surface area contributed by atoms with Crippen molar-refractivity contribution < 1.29 is 28.4 Å². The van der Waals surface area contributed by atoms with Crippen LogP contribution in [0.15, 0.2) is 35.2 Å². The summed E-state index contributed by atoms with van der Waals surface area (Å²) in [5.74, 6) is -2.14. The van der Waals surface area contributed by atoms with Crippen LogP contribution in [0.4, 0.5) is 14.9 Å². The minimum Gasteiger partial charge on any atom is -0.593 e. The monoisotopic (exact) mass is 466 g/mol. The SMILES string of the molecule is Cc1ccc2c(c1)COC(=O)N2C1CCN([S+]([O-])c2cc(C(=O)O)c(Cl)cc2F)CC1. The summed E-state index contributed by atoms with van der Waals surface area (Å²) >= 11 is 3.88. The number of ether oxygens (including phenoxy) is 1. The van der Waals surface area contributed by atoms with Gasteiger partial charge < -0.3 is 14.4 Å². The lowest BCUT2D eigenvalue weighted by Crippen LogP contribution is -2.50. The molecule has 2 aliphatic rings. The molecule has 0 aliphatic carbocycles. The summed E-state index contributed by atoms with van der Waals surface area (Å²) < 4.78 is 34.2. The zero-order valence-corrected chi connectivity index (χ0v) is 18.2. The number of rotatable bonds is 4. The van der Waals surface area contributed by atoms with Crippen LogP contribution in [0.5, 0.6) is 0 Å². The Morgan fingerprint density at radius 2 is 2.00 bits per heavy atom. The van der Waals surface area contributed by atoms with Gasteiger partial charge in [0.2, 0.25) is 4.90 Å². The average Bonchev–Trinajstić information content (AvgIpc) is 2.73. The molecule has 1 amide bonds. The molecule has 31 heavy (non-hydrogen) atoms. The molecule has 1 saturated heterocycles. The zero-order valence-electron chi connectivity index (χ0n) is 16.6. The van der Waals surface area contributed by atoms with Gasteiger partial charge in [0, 0.05) is 30.8 Å². The highest BCUT2D eigenvalue weighted by atomic mass is 35.5. The second kappa shape index (κ2) is 8.66. The zero-order chi connectivity index (χ0) is 22.3. The van der Waals surface area contributed by atoms with Crippen LogP contribution in [0.25, 0.3) is 0 Å². The molecular weight excluding hydrogens is 447 g/mol. The smallest absolute Gasteiger partial charge is 0.414 e. The van der Waals surface area contributed by atoms with E-state index in [0.29, 0.717) is 25.9 Å². The molecule has 164 valence electrons. The Hall–Kier alpha value is -2.33. The molecule has 0 radical (unpaired) electrons. The lowest BCUT2D eigenvalue weighted by molar-refractivity contribution is 0.0696. The molecule has 2 aliphatic heterocycles. The van der Waals surface area contributed by atoms with Gasteiger partial charge in [0.05, 0.1) is 27.6 Å². The summed E-state index contributed by atoms with van der Waals surface area (Å²) in [5, 5.41) is 8.96. The standard InChI is InChI=1S/C21H20ClFN2O5S/c1-12-2-3-18-13(8-12)11-30-21(28)25(18)14-4-6-24(7-5-14)31(29)19-9-15(20(26)27)16(22)10-17(19)23/h2-3,8-10,14H,4-7,11H2,1H3,(H,26,27). The van der Waals surface area contributed by atoms with Crippen molar-refractivity contribution in [2.24, 2.45) is 0 Å². The lowest BCUT2D eigenvalue weighted by atomic mass is 10.0. The van der Waals surface area contributed by atoms with Gasteiger partial charge in [-0.1, -0.05) is 29.3 Å². The first kappa shape index (κ1) is 21.9. The van der Waals surface area contributed by atoms with Crippen LogP contribution in [-0.4, -0.2) is 45.2 Å². The summed E-state index contributed by atoms with van der Waals surface area (Å²) in [7, 11) is 0. The Kier molecular flexibility index (Phi) is 6.11. The number of hydrogen-bond donors (Lipinski definition) is 1. The third-order valence-corrected chi connectivity index (χ3v) is 7.34. The Labute approximate surface area is 186 Å². The number of carboxylic acids is 1. The van der Waals surface area contributed by atoms with Crippen molar-refractivity contribution in [2.45, 2.75) is 37.3 Å². The second-order valence-corrected chi connectivity index (χ2v) is 9.40. The molecule has 1 atom stereocenters. The molecule has 7 nitrogen and oxygen atoms in total. The fraction of sp³-hybridized carbons (Fsp3) is 0.333. The highest BCUT2D eigenvalue weighted by Crippen LogP contribution is 2.34. The van der Waals surface area contributed by atoms with E-state index in [1.165, 1.54) is 0 Å². The largest absolute Gasteiger partial charge is 0.593 e. The quantitative estimate of drug-likeness (QED) is 0.681. The Morgan fingerprint density at radius 1 is 1.29 bits per heavy atom. The predicted octanol–water partition coefficient (Wildman–Crippen LogP) is 4.13. The lowest BCUT2D eigenvalue weighted by Gasteiger charge is -2.39. The maximum absolute atomic E-state index is 14.3. The Morgan fingerprint density at radius 3 is 2.68 bits per heavy atom. The van der Waals surface area contributed by atoms with Crippen molar-refractivity contribution in [1.29, 1.82) is 0 Å². The van der Waals surface area contributed by atoms with E-state index in [9.17, 15) is 23.6 Å². The van der Waals surface area contributed by atoms with Crippen LogP contribution in [0.3, 0.4) is 0 Å². The minimum absolute atomic E-state index is 0.146. The first-order valence-corrected chi connectivity index (χ1v) is 11.2. The predicted molar refractivity (Wildman–Crippen MR) is 113 cm³/mol. The second-order valence-electron chi connectivity index (χ2n) is 7.53. The van der Waals surface area contributed by atoms with Gasteiger partial charge in [-0.15, -0.1) is 4.31 Å². The van der Waals surface area contributed by atoms with E-state index in [1.54, 1.807) is 9.21 Å². The summed E-state index contributed by atoms with van der Waals surface area (Å²) in [6.45, 7) is 2.89. The number of benzene rings is 2. The molecular formula is C21H20ClFN2O5S. The summed E-state index contributed by atoms with van der Waals surface area (Å²) in [6.07, 6.45) is 0.607. The highest BCUT2D eigenvalue weighted by Gasteiger charge is 2.38. The molecule has 1 unspecified atom stereocenters. The van der Waals surface area contributed by atoms with Gasteiger partial charge in [-0.05, 0) is 31.9 Å². The number of carbonyl (C=O) groups excluding carboxylic acids is 1. The topological polar surface area (TPSA) is 93.1 Å². The first-order valence-electron chi connectivity index (χ1n) is 9.71. The van der Waals surface area contributed by atoms with Crippen LogP contribution in [0, 0.1) is 12.7 Å². The fourth-order valence-electron chi connectivity index (χ4n) is 3.95. The minimum atomic E-state index is -1.89. The maximum atomic E-state index is 14.3. The molecule has 4 rings (SSSR count). The number of hydrogen-bond acceptors (Lipinski definition) is 5. The van der Waals surface area contributed by atoms with Crippen LogP contribution >= 0.6 is 11.6 Å². The first-order chi connectivity index (χ1) is 14.8. The Bertz CT molecular complexity index is 1040. The van der Waals surface area contributed by atoms with Crippen LogP contribution in [-0.2, 0) is 22.7 Å². The van der Waals surface area contributed by atoms with Crippen molar-refractivity contribution in [2.75, 3.05) is 18.0 Å². The van der Waals surface area contributed by atoms with Crippen LogP contribution < -0.4 is 4.90 Å². The third-order valence-electron chi connectivity index (χ3n) is 5.51. The number of cyclic esters (lactones) is 1. The molecule has 2 aromatic rings. The summed E-state index contributed by atoms with van der Waals surface area (Å²) in [4.78, 5) is 25.2. The molecule has 0 saturated carbocycles. The summed E-state index contributed by atoms with van der Waals surface area (Å²) in [6, 6.07) is 7.58. The van der Waals surface area contributed by atoms with Crippen LogP contribution in [0.1, 0.15) is 34.3 Å². The molecule has 10 heteroatoms. The number of carboxylic acid groups (broad SMARTS) is 1. The van der Waals surface area contributed by atoms with E-state index < -0.39 is 29.2 Å². The van der Waals surface area contributed by atoms with Crippen molar-refractivity contribution in [3.05, 3.63) is 57.9 Å². The number of nitrogens with zero attached hydrogens (tertiary/aromatic N) is 2. The number of carbonyl (C=O) groups is 2. The van der Waals surface area contributed by atoms with Gasteiger partial charge in [0.25, 0.3) is 0 Å². The number of anilines is 1. The average molecular weight is 467 g/mol. The van der Waals surface area contributed by atoms with Gasteiger partial charge >= 0.3 is 12.1 Å². The molecule has 1 N–H and O–H groups in total. The number of aromatic carboxylic acids is 1. The number of aryl methyl sites for hydroxylation is 1. The van der Waals surface area contributed by atoms with Gasteiger partial charge in [0.1, 0.15) is 6.61 Å². The third kappa shape index (κ3) is 4.23. The maximum Gasteiger partial charge on any atom is 0.414 e. The molecule has 2 aromatic carbocycles. The molecule has 2 heterocycles. The van der Waals surface area contributed by atoms with E-state index in [0.717, 1.165) is 28.9 Å². The van der Waals surface area contributed by atoms with Crippen LogP contribution in [0.2, 0.25) is 5.02 Å². The van der Waals surface area contributed by atoms with Gasteiger partial charge in [-0.3, -0.25) is 4.90 Å². The van der Waals surface area contributed by atoms with Crippen molar-refractivity contribution in [1.82, 2.24) is 4.31 Å². The number of piperidine rings is 1. The van der Waals surface area contributed by atoms with Crippen molar-refractivity contribution in [3.8, 4) is 0 Å². The molecule has 0 bridgehead atoms. The summed E-state index contributed by atoms with van der Waals surface area (Å²) in [5.41, 5.74) is 2.53. The van der Waals surface area contributed by atoms with Gasteiger partial charge in [-0.25, -0.2) is 14.0 Å². The van der Waals surface area contributed by atoms with Crippen molar-refractivity contribution in [3.63, 3.8) is 0 Å². The molecule has 0 spiro atoms. The van der Waals surface area contributed by atoms with E-state index in [4.69, 9.17) is 16.3 Å². The van der Waals surface area contributed by atoms with Gasteiger partial charge in [-0.2, -0.15) is 0 Å².